The Kier molecular flexibility index (Phi) is 10.5. The van der Waals surface area contributed by atoms with E-state index in [1.807, 2.05) is 0 Å². The van der Waals surface area contributed by atoms with E-state index >= 15 is 0 Å². The minimum Gasteiger partial charge on any atom is -0.475 e. The van der Waals surface area contributed by atoms with E-state index in [0.29, 0.717) is 0 Å². The van der Waals surface area contributed by atoms with E-state index in [1.165, 1.54) is 0 Å². The molecule has 0 unspecified atom stereocenters. The third-order valence-corrected chi connectivity index (χ3v) is 0.243. The number of hydrogen-bond donors (Lipinski definition) is 1. The zero-order chi connectivity index (χ0) is 6.08. The van der Waals surface area contributed by atoms with E-state index in [-0.39, 0.29) is 59.8 Å². The molecular formula is C2H5BF3KO2. The summed E-state index contributed by atoms with van der Waals surface area (Å²) in [5.74, 6) is -2.76. The minimum atomic E-state index is -5.08. The Labute approximate surface area is 93.8 Å². The Morgan fingerprint density at radius 2 is 1.44 bits per heavy atom. The Balaban J connectivity index is -0.000000180. The normalized spacial score (nSPS) is 8.78. The van der Waals surface area contributed by atoms with E-state index in [9.17, 15) is 13.2 Å². The van der Waals surface area contributed by atoms with Gasteiger partial charge in [0.1, 0.15) is 0 Å². The molecular weight excluding hydrogens is 163 g/mol. The number of carbonyl (C=O) groups is 1. The van der Waals surface area contributed by atoms with Crippen LogP contribution in [0.4, 0.5) is 13.2 Å². The van der Waals surface area contributed by atoms with E-state index in [1.54, 1.807) is 0 Å². The predicted molar refractivity (Wildman–Crippen MR) is 25.0 cm³/mol. The van der Waals surface area contributed by atoms with Gasteiger partial charge < -0.3 is 5.11 Å². The third-order valence-electron chi connectivity index (χ3n) is 0.243. The molecule has 2 nitrogen and oxygen atoms in total. The van der Waals surface area contributed by atoms with Gasteiger partial charge in [0.15, 0.2) is 0 Å². The van der Waals surface area contributed by atoms with Crippen LogP contribution in [0.3, 0.4) is 0 Å². The first-order valence-electron chi connectivity index (χ1n) is 1.24. The molecule has 0 aliphatic carbocycles. The van der Waals surface area contributed by atoms with Crippen LogP contribution in [0.5, 0.6) is 0 Å². The fourth-order valence-corrected chi connectivity index (χ4v) is 0. The Morgan fingerprint density at radius 3 is 1.44 bits per heavy atom. The van der Waals surface area contributed by atoms with Gasteiger partial charge in [-0.15, -0.1) is 0 Å². The number of rotatable bonds is 0. The summed E-state index contributed by atoms with van der Waals surface area (Å²) < 4.78 is 31.7. The largest absolute Gasteiger partial charge is 1.00 e. The number of halogens is 3. The fraction of sp³-hybridized carbons (Fsp3) is 0.500. The van der Waals surface area contributed by atoms with Crippen molar-refractivity contribution < 1.29 is 74.5 Å². The molecule has 0 fully saturated rings. The van der Waals surface area contributed by atoms with Gasteiger partial charge in [-0.25, -0.2) is 4.79 Å². The number of carboxylic acid groups (broad SMARTS) is 1. The maximum atomic E-state index is 10.6. The van der Waals surface area contributed by atoms with Crippen LogP contribution in [0.25, 0.3) is 0 Å². The summed E-state index contributed by atoms with van der Waals surface area (Å²) in [7, 11) is 0. The summed E-state index contributed by atoms with van der Waals surface area (Å²) >= 11 is 0. The van der Waals surface area contributed by atoms with Crippen LogP contribution in [0.1, 0.15) is 0 Å². The summed E-state index contributed by atoms with van der Waals surface area (Å²) in [6.45, 7) is 0. The van der Waals surface area contributed by atoms with E-state index in [4.69, 9.17) is 9.90 Å². The zero-order valence-electron chi connectivity index (χ0n) is 3.99. The Hall–Kier alpha value is 0.961. The molecule has 0 aromatic heterocycles. The van der Waals surface area contributed by atoms with Crippen molar-refractivity contribution in [1.82, 2.24) is 0 Å². The quantitative estimate of drug-likeness (QED) is 0.376. The van der Waals surface area contributed by atoms with Crippen molar-refractivity contribution >= 4 is 14.4 Å². The predicted octanol–water partition coefficient (Wildman–Crippen LogP) is -3.81. The molecule has 0 saturated heterocycles. The maximum Gasteiger partial charge on any atom is 1.00 e. The molecule has 0 aromatic carbocycles. The second kappa shape index (κ2) is 5.72. The molecule has 0 bridgehead atoms. The molecule has 0 aliphatic heterocycles. The molecule has 50 valence electrons. The summed E-state index contributed by atoms with van der Waals surface area (Å²) in [6.07, 6.45) is -5.08. The number of aliphatic carboxylic acids is 1. The molecule has 0 amide bonds. The smallest absolute Gasteiger partial charge is 0.475 e. The molecule has 9 heavy (non-hydrogen) atoms. The van der Waals surface area contributed by atoms with E-state index < -0.39 is 12.1 Å². The van der Waals surface area contributed by atoms with Crippen molar-refractivity contribution in [2.24, 2.45) is 0 Å². The summed E-state index contributed by atoms with van der Waals surface area (Å²) in [5, 5.41) is 7.12. The fourth-order valence-electron chi connectivity index (χ4n) is 0. The second-order valence-electron chi connectivity index (χ2n) is 0.803. The molecule has 0 spiro atoms. The van der Waals surface area contributed by atoms with Gasteiger partial charge in [-0.05, 0) is 0 Å². The molecule has 0 rings (SSSR count). The van der Waals surface area contributed by atoms with Gasteiger partial charge in [-0.1, -0.05) is 8.41 Å². The van der Waals surface area contributed by atoms with Crippen LogP contribution in [0.2, 0.25) is 0 Å². The van der Waals surface area contributed by atoms with Crippen LogP contribution < -0.4 is 51.4 Å². The second-order valence-corrected chi connectivity index (χ2v) is 0.803. The first-order valence-corrected chi connectivity index (χ1v) is 1.24. The Bertz CT molecular complexity index is 92.3. The zero-order valence-corrected chi connectivity index (χ0v) is 7.11. The van der Waals surface area contributed by atoms with Crippen LogP contribution in [-0.4, -0.2) is 25.7 Å². The van der Waals surface area contributed by atoms with Gasteiger partial charge in [-0.2, -0.15) is 13.2 Å². The summed E-state index contributed by atoms with van der Waals surface area (Å²) in [4.78, 5) is 8.90. The first kappa shape index (κ1) is 16.5. The van der Waals surface area contributed by atoms with Gasteiger partial charge in [-0.3, -0.25) is 0 Å². The average molecular weight is 168 g/mol. The van der Waals surface area contributed by atoms with Crippen molar-refractivity contribution in [3.05, 3.63) is 0 Å². The average Bonchev–Trinajstić information content (AvgIpc) is 1.31. The Morgan fingerprint density at radius 1 is 1.33 bits per heavy atom. The van der Waals surface area contributed by atoms with Gasteiger partial charge in [0, 0.05) is 0 Å². The first-order chi connectivity index (χ1) is 2.94. The standard InChI is InChI=1S/C2HF3O2.BH4.K/c3-2(4,5)1(6)7;;/h(H,6,7);1H4;/q;-1;+1. The van der Waals surface area contributed by atoms with E-state index in [0.717, 1.165) is 0 Å². The van der Waals surface area contributed by atoms with Gasteiger partial charge in [0.05, 0.1) is 0 Å². The topological polar surface area (TPSA) is 37.3 Å². The minimum absolute atomic E-state index is 0. The van der Waals surface area contributed by atoms with Crippen molar-refractivity contribution in [2.45, 2.75) is 6.18 Å². The molecule has 0 aliphatic rings. The molecule has 0 aromatic rings. The van der Waals surface area contributed by atoms with Crippen LogP contribution in [0, 0.1) is 0 Å². The summed E-state index contributed by atoms with van der Waals surface area (Å²) in [5.41, 5.74) is 0. The SMILES string of the molecule is O=C(O)C(F)(F)F.[BH4-].[K+]. The van der Waals surface area contributed by atoms with Crippen molar-refractivity contribution in [1.29, 1.82) is 0 Å². The van der Waals surface area contributed by atoms with Crippen LogP contribution in [-0.2, 0) is 4.79 Å². The van der Waals surface area contributed by atoms with Crippen molar-refractivity contribution in [2.75, 3.05) is 0 Å². The van der Waals surface area contributed by atoms with Crippen molar-refractivity contribution in [3.8, 4) is 0 Å². The van der Waals surface area contributed by atoms with Gasteiger partial charge in [0.2, 0.25) is 0 Å². The monoisotopic (exact) mass is 168 g/mol. The number of hydrogen-bond acceptors (Lipinski definition) is 1. The molecule has 0 saturated carbocycles. The molecule has 0 radical (unpaired) electrons. The van der Waals surface area contributed by atoms with Gasteiger partial charge >= 0.3 is 63.5 Å². The van der Waals surface area contributed by atoms with Crippen LogP contribution >= 0.6 is 0 Å². The number of carboxylic acids is 1. The third kappa shape index (κ3) is 8.96. The molecule has 0 atom stereocenters. The maximum absolute atomic E-state index is 10.6. The summed E-state index contributed by atoms with van der Waals surface area (Å²) in [6, 6.07) is 0. The van der Waals surface area contributed by atoms with E-state index in [2.05, 4.69) is 0 Å². The van der Waals surface area contributed by atoms with Crippen molar-refractivity contribution in [3.63, 3.8) is 0 Å². The molecule has 1 N–H and O–H groups in total. The van der Waals surface area contributed by atoms with Crippen LogP contribution in [0.15, 0.2) is 0 Å². The number of alkyl halides is 3. The van der Waals surface area contributed by atoms with Gasteiger partial charge in [0.25, 0.3) is 0 Å². The molecule has 7 heteroatoms. The molecule has 0 heterocycles.